The van der Waals surface area contributed by atoms with E-state index < -0.39 is 11.7 Å². The lowest BCUT2D eigenvalue weighted by Gasteiger charge is -2.33. The normalized spacial score (nSPS) is 19.3. The Balaban J connectivity index is 2.92. The van der Waals surface area contributed by atoms with Crippen molar-refractivity contribution < 1.29 is 10.2 Å². The highest BCUT2D eigenvalue weighted by molar-refractivity contribution is 5.22. The molecule has 2 heteroatoms. The minimum absolute atomic E-state index is 0.176. The van der Waals surface area contributed by atoms with Gasteiger partial charge in [0.1, 0.15) is 0 Å². The standard InChI is InChI=1S/C13H20O2/c1-4-12(14)10(2)13(3,15)11-8-6-5-7-9-11/h5-10,12,14-15H,4H2,1-3H3/t10-,12+,13+/m1/s1. The minimum atomic E-state index is -0.976. The molecule has 0 heterocycles. The fraction of sp³-hybridized carbons (Fsp3) is 0.538. The Morgan fingerprint density at radius 3 is 2.27 bits per heavy atom. The lowest BCUT2D eigenvalue weighted by atomic mass is 9.80. The first-order valence-electron chi connectivity index (χ1n) is 5.46. The Morgan fingerprint density at radius 2 is 1.80 bits per heavy atom. The van der Waals surface area contributed by atoms with E-state index in [0.717, 1.165) is 5.56 Å². The highest BCUT2D eigenvalue weighted by atomic mass is 16.3. The largest absolute Gasteiger partial charge is 0.393 e. The zero-order chi connectivity index (χ0) is 11.5. The van der Waals surface area contributed by atoms with Gasteiger partial charge in [0.2, 0.25) is 0 Å². The van der Waals surface area contributed by atoms with E-state index in [1.165, 1.54) is 0 Å². The molecule has 84 valence electrons. The van der Waals surface area contributed by atoms with Crippen LogP contribution in [0.1, 0.15) is 32.8 Å². The maximum Gasteiger partial charge on any atom is 0.0918 e. The average Bonchev–Trinajstić information content (AvgIpc) is 2.28. The maximum absolute atomic E-state index is 10.4. The van der Waals surface area contributed by atoms with Gasteiger partial charge in [-0.1, -0.05) is 44.2 Å². The van der Waals surface area contributed by atoms with Crippen LogP contribution < -0.4 is 0 Å². The summed E-state index contributed by atoms with van der Waals surface area (Å²) in [6.45, 7) is 5.55. The average molecular weight is 208 g/mol. The molecule has 1 aromatic rings. The maximum atomic E-state index is 10.4. The molecule has 0 aromatic heterocycles. The van der Waals surface area contributed by atoms with Crippen molar-refractivity contribution in [2.75, 3.05) is 0 Å². The summed E-state index contributed by atoms with van der Waals surface area (Å²) in [6, 6.07) is 9.49. The van der Waals surface area contributed by atoms with Crippen molar-refractivity contribution in [1.82, 2.24) is 0 Å². The van der Waals surface area contributed by atoms with E-state index in [2.05, 4.69) is 0 Å². The number of benzene rings is 1. The van der Waals surface area contributed by atoms with Crippen LogP contribution in [0.2, 0.25) is 0 Å². The van der Waals surface area contributed by atoms with E-state index in [4.69, 9.17) is 0 Å². The summed E-state index contributed by atoms with van der Waals surface area (Å²) in [5, 5.41) is 20.2. The molecular weight excluding hydrogens is 188 g/mol. The Kier molecular flexibility index (Phi) is 3.89. The molecule has 0 spiro atoms. The van der Waals surface area contributed by atoms with Crippen LogP contribution in [0.3, 0.4) is 0 Å². The van der Waals surface area contributed by atoms with E-state index in [1.807, 2.05) is 44.2 Å². The Morgan fingerprint density at radius 1 is 1.27 bits per heavy atom. The highest BCUT2D eigenvalue weighted by Gasteiger charge is 2.34. The van der Waals surface area contributed by atoms with E-state index >= 15 is 0 Å². The molecule has 0 amide bonds. The molecule has 0 aliphatic carbocycles. The van der Waals surface area contributed by atoms with Gasteiger partial charge in [0.05, 0.1) is 11.7 Å². The molecule has 0 unspecified atom stereocenters. The van der Waals surface area contributed by atoms with Gasteiger partial charge in [-0.2, -0.15) is 0 Å². The number of hydrogen-bond donors (Lipinski definition) is 2. The van der Waals surface area contributed by atoms with Gasteiger partial charge in [-0.3, -0.25) is 0 Å². The van der Waals surface area contributed by atoms with Gasteiger partial charge < -0.3 is 10.2 Å². The molecule has 0 bridgehead atoms. The molecular formula is C13H20O2. The van der Waals surface area contributed by atoms with Crippen molar-refractivity contribution in [1.29, 1.82) is 0 Å². The molecule has 1 rings (SSSR count). The van der Waals surface area contributed by atoms with Crippen molar-refractivity contribution in [3.05, 3.63) is 35.9 Å². The van der Waals surface area contributed by atoms with Crippen LogP contribution in [0.5, 0.6) is 0 Å². The topological polar surface area (TPSA) is 40.5 Å². The van der Waals surface area contributed by atoms with Crippen LogP contribution in [0.4, 0.5) is 0 Å². The Bertz CT molecular complexity index is 293. The van der Waals surface area contributed by atoms with Crippen LogP contribution in [0, 0.1) is 5.92 Å². The predicted octanol–water partition coefficient (Wildman–Crippen LogP) is 2.30. The van der Waals surface area contributed by atoms with Gasteiger partial charge >= 0.3 is 0 Å². The van der Waals surface area contributed by atoms with Gasteiger partial charge in [-0.05, 0) is 18.9 Å². The van der Waals surface area contributed by atoms with Crippen molar-refractivity contribution in [3.63, 3.8) is 0 Å². The molecule has 0 saturated heterocycles. The first kappa shape index (κ1) is 12.2. The summed E-state index contributed by atoms with van der Waals surface area (Å²) in [4.78, 5) is 0. The second-order valence-corrected chi connectivity index (χ2v) is 4.28. The van der Waals surface area contributed by atoms with Crippen molar-refractivity contribution >= 4 is 0 Å². The zero-order valence-electron chi connectivity index (χ0n) is 9.64. The third kappa shape index (κ3) is 2.58. The molecule has 1 aromatic carbocycles. The van der Waals surface area contributed by atoms with E-state index in [-0.39, 0.29) is 5.92 Å². The van der Waals surface area contributed by atoms with E-state index in [9.17, 15) is 10.2 Å². The SMILES string of the molecule is CC[C@H](O)[C@@H](C)[C@](C)(O)c1ccccc1. The zero-order valence-corrected chi connectivity index (χ0v) is 9.64. The van der Waals surface area contributed by atoms with Crippen LogP contribution in [-0.4, -0.2) is 16.3 Å². The molecule has 0 radical (unpaired) electrons. The predicted molar refractivity (Wildman–Crippen MR) is 61.5 cm³/mol. The molecule has 0 fully saturated rings. The highest BCUT2D eigenvalue weighted by Crippen LogP contribution is 2.31. The van der Waals surface area contributed by atoms with Gasteiger partial charge in [0.25, 0.3) is 0 Å². The van der Waals surface area contributed by atoms with Gasteiger partial charge in [0, 0.05) is 5.92 Å². The number of aliphatic hydroxyl groups is 2. The Labute approximate surface area is 91.6 Å². The molecule has 0 saturated carbocycles. The lowest BCUT2D eigenvalue weighted by Crippen LogP contribution is -2.37. The number of aliphatic hydroxyl groups excluding tert-OH is 1. The van der Waals surface area contributed by atoms with E-state index in [1.54, 1.807) is 6.92 Å². The third-order valence-electron chi connectivity index (χ3n) is 3.24. The van der Waals surface area contributed by atoms with Crippen molar-refractivity contribution in [3.8, 4) is 0 Å². The monoisotopic (exact) mass is 208 g/mol. The quantitative estimate of drug-likeness (QED) is 0.797. The third-order valence-corrected chi connectivity index (χ3v) is 3.24. The van der Waals surface area contributed by atoms with Crippen molar-refractivity contribution in [2.45, 2.75) is 38.9 Å². The summed E-state index contributed by atoms with van der Waals surface area (Å²) in [5.74, 6) is -0.176. The summed E-state index contributed by atoms with van der Waals surface area (Å²) >= 11 is 0. The van der Waals surface area contributed by atoms with Crippen LogP contribution in [0.25, 0.3) is 0 Å². The van der Waals surface area contributed by atoms with Crippen LogP contribution >= 0.6 is 0 Å². The first-order valence-corrected chi connectivity index (χ1v) is 5.46. The van der Waals surface area contributed by atoms with Crippen LogP contribution in [0.15, 0.2) is 30.3 Å². The number of rotatable bonds is 4. The molecule has 2 N–H and O–H groups in total. The van der Waals surface area contributed by atoms with Gasteiger partial charge in [0.15, 0.2) is 0 Å². The molecule has 2 nitrogen and oxygen atoms in total. The first-order chi connectivity index (χ1) is 7.00. The summed E-state index contributed by atoms with van der Waals surface area (Å²) < 4.78 is 0. The Hall–Kier alpha value is -0.860. The summed E-state index contributed by atoms with van der Waals surface area (Å²) in [7, 11) is 0. The summed E-state index contributed by atoms with van der Waals surface area (Å²) in [5.41, 5.74) is -0.124. The lowest BCUT2D eigenvalue weighted by molar-refractivity contribution is -0.0565. The molecule has 0 aliphatic heterocycles. The van der Waals surface area contributed by atoms with Gasteiger partial charge in [-0.15, -0.1) is 0 Å². The number of hydrogen-bond acceptors (Lipinski definition) is 2. The van der Waals surface area contributed by atoms with Crippen LogP contribution in [-0.2, 0) is 5.60 Å². The summed E-state index contributed by atoms with van der Waals surface area (Å²) in [6.07, 6.45) is 0.185. The fourth-order valence-electron chi connectivity index (χ4n) is 1.77. The minimum Gasteiger partial charge on any atom is -0.393 e. The fourth-order valence-corrected chi connectivity index (χ4v) is 1.77. The molecule has 0 aliphatic rings. The van der Waals surface area contributed by atoms with Crippen molar-refractivity contribution in [2.24, 2.45) is 5.92 Å². The smallest absolute Gasteiger partial charge is 0.0918 e. The van der Waals surface area contributed by atoms with Gasteiger partial charge in [-0.25, -0.2) is 0 Å². The van der Waals surface area contributed by atoms with E-state index in [0.29, 0.717) is 6.42 Å². The second-order valence-electron chi connectivity index (χ2n) is 4.28. The molecule has 15 heavy (non-hydrogen) atoms. The molecule has 3 atom stereocenters. The second kappa shape index (κ2) is 4.77.